The molecule has 0 radical (unpaired) electrons. The zero-order valence-corrected chi connectivity index (χ0v) is 13.6. The lowest BCUT2D eigenvalue weighted by Crippen LogP contribution is -2.45. The first kappa shape index (κ1) is 16.0. The van der Waals surface area contributed by atoms with E-state index in [0.29, 0.717) is 17.4 Å². The minimum atomic E-state index is -3.29. The van der Waals surface area contributed by atoms with Crippen LogP contribution in [0, 0.1) is 11.8 Å². The number of rotatable bonds is 3. The van der Waals surface area contributed by atoms with E-state index in [9.17, 15) is 13.2 Å². The lowest BCUT2D eigenvalue weighted by Gasteiger charge is -2.35. The fraction of sp³-hybridized carbons (Fsp3) is 0.562. The first-order chi connectivity index (χ1) is 9.79. The molecule has 0 heterocycles. The molecule has 1 saturated carbocycles. The van der Waals surface area contributed by atoms with Gasteiger partial charge in [-0.05, 0) is 42.9 Å². The first-order valence-electron chi connectivity index (χ1n) is 7.40. The van der Waals surface area contributed by atoms with Crippen LogP contribution in [0.25, 0.3) is 0 Å². The van der Waals surface area contributed by atoms with Crippen LogP contribution >= 0.6 is 0 Å². The van der Waals surface area contributed by atoms with E-state index in [4.69, 9.17) is 0 Å². The van der Waals surface area contributed by atoms with E-state index in [2.05, 4.69) is 19.2 Å². The molecule has 0 saturated heterocycles. The summed E-state index contributed by atoms with van der Waals surface area (Å²) in [4.78, 5) is 12.6. The molecule has 2 rings (SSSR count). The van der Waals surface area contributed by atoms with Crippen molar-refractivity contribution in [2.75, 3.05) is 6.26 Å². The predicted molar refractivity (Wildman–Crippen MR) is 83.0 cm³/mol. The minimum Gasteiger partial charge on any atom is -0.349 e. The lowest BCUT2D eigenvalue weighted by atomic mass is 9.78. The van der Waals surface area contributed by atoms with Gasteiger partial charge in [0.2, 0.25) is 0 Å². The first-order valence-corrected chi connectivity index (χ1v) is 9.29. The summed E-state index contributed by atoms with van der Waals surface area (Å²) in [6.45, 7) is 4.32. The Morgan fingerprint density at radius 3 is 2.38 bits per heavy atom. The van der Waals surface area contributed by atoms with Crippen LogP contribution in [0.3, 0.4) is 0 Å². The molecule has 1 aliphatic rings. The molecular weight excluding hydrogens is 286 g/mol. The van der Waals surface area contributed by atoms with Crippen molar-refractivity contribution >= 4 is 15.7 Å². The Labute approximate surface area is 126 Å². The second-order valence-corrected chi connectivity index (χ2v) is 8.20. The van der Waals surface area contributed by atoms with E-state index < -0.39 is 9.84 Å². The Bertz CT molecular complexity index is 614. The number of nitrogens with one attached hydrogen (secondary N) is 1. The van der Waals surface area contributed by atoms with Gasteiger partial charge in [0.25, 0.3) is 5.91 Å². The van der Waals surface area contributed by atoms with E-state index in [-0.39, 0.29) is 16.8 Å². The normalized spacial score (nSPS) is 23.8. The smallest absolute Gasteiger partial charge is 0.251 e. The number of carbonyl (C=O) groups excluding carboxylic acids is 1. The Morgan fingerprint density at radius 2 is 1.81 bits per heavy atom. The zero-order valence-electron chi connectivity index (χ0n) is 12.8. The van der Waals surface area contributed by atoms with Crippen LogP contribution in [0.15, 0.2) is 29.2 Å². The third kappa shape index (κ3) is 3.84. The van der Waals surface area contributed by atoms with Gasteiger partial charge in [0, 0.05) is 17.9 Å². The van der Waals surface area contributed by atoms with Gasteiger partial charge in [-0.15, -0.1) is 0 Å². The standard InChI is InChI=1S/C16H23NO3S/c1-11-6-4-7-12(2)15(11)17-16(18)13-8-5-9-14(10-13)21(3,19)20/h5,8-12,15H,4,6-7H2,1-3H3,(H,17,18)/t11-,12-/m1/s1. The number of sulfone groups is 1. The molecule has 1 aromatic rings. The van der Waals surface area contributed by atoms with Gasteiger partial charge in [-0.1, -0.05) is 26.3 Å². The van der Waals surface area contributed by atoms with Gasteiger partial charge in [-0.3, -0.25) is 4.79 Å². The predicted octanol–water partition coefficient (Wildman–Crippen LogP) is 2.64. The van der Waals surface area contributed by atoms with Crippen molar-refractivity contribution in [3.05, 3.63) is 29.8 Å². The van der Waals surface area contributed by atoms with Gasteiger partial charge in [-0.2, -0.15) is 0 Å². The monoisotopic (exact) mass is 309 g/mol. The maximum atomic E-state index is 12.4. The van der Waals surface area contributed by atoms with Crippen molar-refractivity contribution in [2.45, 2.75) is 44.0 Å². The highest BCUT2D eigenvalue weighted by molar-refractivity contribution is 7.90. The van der Waals surface area contributed by atoms with E-state index in [0.717, 1.165) is 19.1 Å². The van der Waals surface area contributed by atoms with Crippen LogP contribution in [0.1, 0.15) is 43.5 Å². The summed E-state index contributed by atoms with van der Waals surface area (Å²) >= 11 is 0. The SMILES string of the molecule is C[C@@H]1CCC[C@@H](C)C1NC(=O)c1cccc(S(C)(=O)=O)c1. The van der Waals surface area contributed by atoms with Crippen molar-refractivity contribution < 1.29 is 13.2 Å². The molecule has 0 bridgehead atoms. The minimum absolute atomic E-state index is 0.160. The van der Waals surface area contributed by atoms with Crippen LogP contribution in [0.2, 0.25) is 0 Å². The van der Waals surface area contributed by atoms with Gasteiger partial charge >= 0.3 is 0 Å². The average molecular weight is 309 g/mol. The largest absolute Gasteiger partial charge is 0.349 e. The Balaban J connectivity index is 2.17. The second-order valence-electron chi connectivity index (χ2n) is 6.18. The number of amides is 1. The third-order valence-corrected chi connectivity index (χ3v) is 5.48. The summed E-state index contributed by atoms with van der Waals surface area (Å²) in [6.07, 6.45) is 4.60. The van der Waals surface area contributed by atoms with Crippen molar-refractivity contribution in [2.24, 2.45) is 11.8 Å². The van der Waals surface area contributed by atoms with Gasteiger partial charge < -0.3 is 5.32 Å². The lowest BCUT2D eigenvalue weighted by molar-refractivity contribution is 0.0880. The van der Waals surface area contributed by atoms with Crippen molar-refractivity contribution in [3.8, 4) is 0 Å². The van der Waals surface area contributed by atoms with Crippen LogP contribution in [-0.4, -0.2) is 26.6 Å². The van der Waals surface area contributed by atoms with E-state index >= 15 is 0 Å². The highest BCUT2D eigenvalue weighted by Crippen LogP contribution is 2.29. The molecule has 0 aromatic heterocycles. The fourth-order valence-electron chi connectivity index (χ4n) is 3.07. The van der Waals surface area contributed by atoms with Gasteiger partial charge in [-0.25, -0.2) is 8.42 Å². The summed E-state index contributed by atoms with van der Waals surface area (Å²) in [5.41, 5.74) is 0.405. The van der Waals surface area contributed by atoms with Crippen molar-refractivity contribution in [1.82, 2.24) is 5.32 Å². The summed E-state index contributed by atoms with van der Waals surface area (Å²) in [5.74, 6) is 0.720. The van der Waals surface area contributed by atoms with Gasteiger partial charge in [0.1, 0.15) is 0 Å². The molecule has 116 valence electrons. The Hall–Kier alpha value is -1.36. The Kier molecular flexibility index (Phi) is 4.71. The summed E-state index contributed by atoms with van der Waals surface area (Å²) in [7, 11) is -3.29. The van der Waals surface area contributed by atoms with E-state index in [1.54, 1.807) is 12.1 Å². The van der Waals surface area contributed by atoms with Crippen LogP contribution in [0.5, 0.6) is 0 Å². The molecule has 0 unspecified atom stereocenters. The van der Waals surface area contributed by atoms with Crippen LogP contribution < -0.4 is 5.32 Å². The maximum Gasteiger partial charge on any atom is 0.251 e. The summed E-state index contributed by atoms with van der Waals surface area (Å²) < 4.78 is 23.1. The summed E-state index contributed by atoms with van der Waals surface area (Å²) in [5, 5.41) is 3.08. The molecule has 0 spiro atoms. The molecule has 5 heteroatoms. The molecular formula is C16H23NO3S. The van der Waals surface area contributed by atoms with Gasteiger partial charge in [0.05, 0.1) is 4.90 Å². The number of carbonyl (C=O) groups is 1. The van der Waals surface area contributed by atoms with Crippen LogP contribution in [0.4, 0.5) is 0 Å². The summed E-state index contributed by atoms with van der Waals surface area (Å²) in [6, 6.07) is 6.38. The highest BCUT2D eigenvalue weighted by Gasteiger charge is 2.29. The van der Waals surface area contributed by atoms with E-state index in [1.807, 2.05) is 0 Å². The topological polar surface area (TPSA) is 63.2 Å². The quantitative estimate of drug-likeness (QED) is 0.933. The highest BCUT2D eigenvalue weighted by atomic mass is 32.2. The second kappa shape index (κ2) is 6.18. The van der Waals surface area contributed by atoms with Crippen molar-refractivity contribution in [3.63, 3.8) is 0 Å². The number of hydrogen-bond acceptors (Lipinski definition) is 3. The molecule has 0 aliphatic heterocycles. The van der Waals surface area contributed by atoms with Gasteiger partial charge in [0.15, 0.2) is 9.84 Å². The van der Waals surface area contributed by atoms with Crippen molar-refractivity contribution in [1.29, 1.82) is 0 Å². The average Bonchev–Trinajstić information content (AvgIpc) is 2.42. The number of hydrogen-bond donors (Lipinski definition) is 1. The molecule has 1 fully saturated rings. The Morgan fingerprint density at radius 1 is 1.19 bits per heavy atom. The molecule has 1 aliphatic carbocycles. The molecule has 1 amide bonds. The molecule has 1 aromatic carbocycles. The fourth-order valence-corrected chi connectivity index (χ4v) is 3.74. The number of benzene rings is 1. The maximum absolute atomic E-state index is 12.4. The molecule has 4 nitrogen and oxygen atoms in total. The molecule has 21 heavy (non-hydrogen) atoms. The molecule has 1 N–H and O–H groups in total. The zero-order chi connectivity index (χ0) is 15.6. The molecule has 2 atom stereocenters. The third-order valence-electron chi connectivity index (χ3n) is 4.37. The van der Waals surface area contributed by atoms with E-state index in [1.165, 1.54) is 18.6 Å². The van der Waals surface area contributed by atoms with Crippen LogP contribution in [-0.2, 0) is 9.84 Å².